The highest BCUT2D eigenvalue weighted by molar-refractivity contribution is 8.01. The van der Waals surface area contributed by atoms with Gasteiger partial charge >= 0.3 is 5.97 Å². The van der Waals surface area contributed by atoms with Crippen LogP contribution in [0.4, 0.5) is 0 Å². The zero-order chi connectivity index (χ0) is 16.8. The molecule has 8 nitrogen and oxygen atoms in total. The molecule has 2 aliphatic rings. The molecular weight excluding hydrogens is 350 g/mol. The Kier molecular flexibility index (Phi) is 3.74. The molecule has 0 bridgehead atoms. The summed E-state index contributed by atoms with van der Waals surface area (Å²) in [5, 5.41) is 14.1. The third-order valence-corrected chi connectivity index (χ3v) is 6.29. The van der Waals surface area contributed by atoms with Gasteiger partial charge in [-0.1, -0.05) is 0 Å². The Bertz CT molecular complexity index is 880. The molecule has 3 N–H and O–H groups in total. The molecule has 0 spiro atoms. The molecular formula is C14H13N5O3S2. The highest BCUT2D eigenvalue weighted by Crippen LogP contribution is 2.40. The van der Waals surface area contributed by atoms with E-state index in [-0.39, 0.29) is 17.0 Å². The second kappa shape index (κ2) is 5.80. The van der Waals surface area contributed by atoms with E-state index in [1.165, 1.54) is 28.4 Å². The van der Waals surface area contributed by atoms with E-state index >= 15 is 0 Å². The second-order valence-corrected chi connectivity index (χ2v) is 7.48. The van der Waals surface area contributed by atoms with E-state index in [1.54, 1.807) is 23.0 Å². The lowest BCUT2D eigenvalue weighted by molar-refractivity contribution is -0.147. The van der Waals surface area contributed by atoms with Crippen LogP contribution in [0.15, 0.2) is 40.8 Å². The number of hydrogen-bond donors (Lipinski definition) is 2. The summed E-state index contributed by atoms with van der Waals surface area (Å²) < 4.78 is 1.66. The molecule has 2 aromatic rings. The van der Waals surface area contributed by atoms with Crippen molar-refractivity contribution in [1.82, 2.24) is 19.5 Å². The summed E-state index contributed by atoms with van der Waals surface area (Å²) in [6.07, 6.45) is 3.47. The van der Waals surface area contributed by atoms with E-state index in [9.17, 15) is 14.7 Å². The van der Waals surface area contributed by atoms with Crippen molar-refractivity contribution in [3.05, 3.63) is 35.8 Å². The normalized spacial score (nSPS) is 23.4. The number of nitrogens with two attached hydrogens (primary N) is 1. The van der Waals surface area contributed by atoms with Gasteiger partial charge in [-0.15, -0.1) is 23.5 Å². The van der Waals surface area contributed by atoms with Gasteiger partial charge in [-0.05, 0) is 11.6 Å². The summed E-state index contributed by atoms with van der Waals surface area (Å²) in [6, 6.07) is 3.02. The molecule has 2 aromatic heterocycles. The summed E-state index contributed by atoms with van der Waals surface area (Å²) in [5.74, 6) is -0.412. The van der Waals surface area contributed by atoms with Crippen LogP contribution in [0.2, 0.25) is 0 Å². The molecule has 0 radical (unpaired) electrons. The maximum atomic E-state index is 11.9. The van der Waals surface area contributed by atoms with E-state index in [0.29, 0.717) is 17.1 Å². The number of carboxylic acids is 1. The summed E-state index contributed by atoms with van der Waals surface area (Å²) >= 11 is 2.94. The van der Waals surface area contributed by atoms with Crippen molar-refractivity contribution in [1.29, 1.82) is 0 Å². The van der Waals surface area contributed by atoms with Gasteiger partial charge in [-0.3, -0.25) is 9.69 Å². The number of carbonyl (C=O) groups excluding carboxylic acids is 1. The van der Waals surface area contributed by atoms with Crippen LogP contribution in [-0.2, 0) is 9.59 Å². The van der Waals surface area contributed by atoms with Crippen LogP contribution >= 0.6 is 23.5 Å². The Morgan fingerprint density at radius 2 is 2.33 bits per heavy atom. The standard InChI is InChI=1S/C14H13N5O3S2/c15-10-12(20)19-11(14(21)22)7(6-24-13(10)19)5-23-9-2-4-18-8(17-9)1-3-16-18/h1-4,10,13H,5-6,15H2,(H,21,22)/t10-,13-/m1/s1. The van der Waals surface area contributed by atoms with Crippen molar-refractivity contribution in [3.63, 3.8) is 0 Å². The summed E-state index contributed by atoms with van der Waals surface area (Å²) in [4.78, 5) is 29.3. The number of nitrogens with zero attached hydrogens (tertiary/aromatic N) is 4. The molecule has 1 saturated heterocycles. The van der Waals surface area contributed by atoms with Crippen LogP contribution in [0.25, 0.3) is 5.65 Å². The zero-order valence-electron chi connectivity index (χ0n) is 12.3. The zero-order valence-corrected chi connectivity index (χ0v) is 14.0. The van der Waals surface area contributed by atoms with Crippen LogP contribution in [0.1, 0.15) is 0 Å². The van der Waals surface area contributed by atoms with E-state index in [0.717, 1.165) is 10.7 Å². The maximum absolute atomic E-state index is 11.9. The Balaban J connectivity index is 1.57. The van der Waals surface area contributed by atoms with Gasteiger partial charge in [0.15, 0.2) is 5.65 Å². The van der Waals surface area contributed by atoms with Crippen LogP contribution in [0.3, 0.4) is 0 Å². The van der Waals surface area contributed by atoms with Crippen molar-refractivity contribution in [2.75, 3.05) is 11.5 Å². The van der Waals surface area contributed by atoms with Crippen molar-refractivity contribution < 1.29 is 14.7 Å². The molecule has 0 unspecified atom stereocenters. The minimum absolute atomic E-state index is 0.0726. The largest absolute Gasteiger partial charge is 0.477 e. The fourth-order valence-electron chi connectivity index (χ4n) is 2.73. The van der Waals surface area contributed by atoms with Crippen LogP contribution in [-0.4, -0.2) is 59.4 Å². The number of carboxylic acid groups (broad SMARTS) is 1. The number of fused-ring (bicyclic) bond motifs is 2. The van der Waals surface area contributed by atoms with E-state index < -0.39 is 12.0 Å². The third-order valence-electron chi connectivity index (χ3n) is 3.92. The van der Waals surface area contributed by atoms with Gasteiger partial charge in [0.05, 0.1) is 6.20 Å². The van der Waals surface area contributed by atoms with Crippen LogP contribution in [0.5, 0.6) is 0 Å². The molecule has 0 aromatic carbocycles. The van der Waals surface area contributed by atoms with E-state index in [4.69, 9.17) is 5.73 Å². The fraction of sp³-hybridized carbons (Fsp3) is 0.286. The van der Waals surface area contributed by atoms with Gasteiger partial charge in [-0.2, -0.15) is 5.10 Å². The third kappa shape index (κ3) is 2.38. The fourth-order valence-corrected chi connectivity index (χ4v) is 5.03. The number of aromatic nitrogens is 3. The molecule has 0 saturated carbocycles. The number of rotatable bonds is 4. The summed E-state index contributed by atoms with van der Waals surface area (Å²) in [7, 11) is 0. The molecule has 24 heavy (non-hydrogen) atoms. The van der Waals surface area contributed by atoms with Crippen molar-refractivity contribution in [2.45, 2.75) is 16.4 Å². The monoisotopic (exact) mass is 363 g/mol. The van der Waals surface area contributed by atoms with Gasteiger partial charge in [0.25, 0.3) is 0 Å². The van der Waals surface area contributed by atoms with Crippen molar-refractivity contribution in [2.24, 2.45) is 5.73 Å². The van der Waals surface area contributed by atoms with Crippen LogP contribution < -0.4 is 5.73 Å². The number of amides is 1. The lowest BCUT2D eigenvalue weighted by Gasteiger charge is -2.48. The molecule has 2 aliphatic heterocycles. The smallest absolute Gasteiger partial charge is 0.352 e. The van der Waals surface area contributed by atoms with Gasteiger partial charge in [0, 0.05) is 23.8 Å². The molecule has 1 fully saturated rings. The average Bonchev–Trinajstić information content (AvgIpc) is 3.05. The molecule has 0 aliphatic carbocycles. The Morgan fingerprint density at radius 3 is 3.12 bits per heavy atom. The van der Waals surface area contributed by atoms with Crippen molar-refractivity contribution in [3.8, 4) is 0 Å². The predicted molar refractivity (Wildman–Crippen MR) is 89.4 cm³/mol. The quantitative estimate of drug-likeness (QED) is 0.456. The minimum atomic E-state index is -1.09. The molecule has 124 valence electrons. The first kappa shape index (κ1) is 15.5. The number of β-lactam (4-membered cyclic amide) rings is 1. The summed E-state index contributed by atoms with van der Waals surface area (Å²) in [5.41, 5.74) is 7.26. The number of carbonyl (C=O) groups is 2. The van der Waals surface area contributed by atoms with Gasteiger partial charge in [0.2, 0.25) is 5.91 Å². The Morgan fingerprint density at radius 1 is 1.50 bits per heavy atom. The Hall–Kier alpha value is -2.04. The van der Waals surface area contributed by atoms with Gasteiger partial charge < -0.3 is 10.8 Å². The van der Waals surface area contributed by atoms with Crippen LogP contribution in [0, 0.1) is 0 Å². The topological polar surface area (TPSA) is 114 Å². The second-order valence-electron chi connectivity index (χ2n) is 5.38. The van der Waals surface area contributed by atoms with Gasteiger partial charge in [0.1, 0.15) is 22.1 Å². The van der Waals surface area contributed by atoms with E-state index in [1.807, 2.05) is 6.07 Å². The Labute approximate surface area is 145 Å². The minimum Gasteiger partial charge on any atom is -0.477 e. The molecule has 2 atom stereocenters. The average molecular weight is 363 g/mol. The lowest BCUT2D eigenvalue weighted by Crippen LogP contribution is -2.68. The molecule has 10 heteroatoms. The molecule has 1 amide bonds. The molecule has 4 rings (SSSR count). The summed E-state index contributed by atoms with van der Waals surface area (Å²) in [6.45, 7) is 0. The highest BCUT2D eigenvalue weighted by Gasteiger charge is 2.51. The number of hydrogen-bond acceptors (Lipinski definition) is 7. The predicted octanol–water partition coefficient (Wildman–Crippen LogP) is 0.403. The highest BCUT2D eigenvalue weighted by atomic mass is 32.2. The van der Waals surface area contributed by atoms with Gasteiger partial charge in [-0.25, -0.2) is 14.3 Å². The first-order valence-corrected chi connectivity index (χ1v) is 9.18. The van der Waals surface area contributed by atoms with Crippen molar-refractivity contribution >= 4 is 41.0 Å². The first-order chi connectivity index (χ1) is 11.6. The lowest BCUT2D eigenvalue weighted by atomic mass is 10.0. The first-order valence-electron chi connectivity index (χ1n) is 7.15. The maximum Gasteiger partial charge on any atom is 0.352 e. The SMILES string of the molecule is N[C@@H]1C(=O)N2C(C(=O)O)=C(CSc3ccn4nccc4n3)CS[C@H]12. The molecule has 4 heterocycles. The number of thioether (sulfide) groups is 2. The van der Waals surface area contributed by atoms with E-state index in [2.05, 4.69) is 10.1 Å². The number of aliphatic carboxylic acids is 1.